The van der Waals surface area contributed by atoms with Crippen LogP contribution in [0.3, 0.4) is 0 Å². The minimum absolute atomic E-state index is 0.0890. The number of carbonyl (C=O) groups excluding carboxylic acids is 2. The molecule has 43 heavy (non-hydrogen) atoms. The van der Waals surface area contributed by atoms with Gasteiger partial charge in [-0.3, -0.25) is 13.9 Å². The van der Waals surface area contributed by atoms with Gasteiger partial charge in [-0.1, -0.05) is 55.3 Å². The number of hydrogen-bond donors (Lipinski definition) is 1. The lowest BCUT2D eigenvalue weighted by Crippen LogP contribution is -2.53. The molecule has 232 valence electrons. The lowest BCUT2D eigenvalue weighted by Gasteiger charge is -2.33. The number of rotatable bonds is 14. The summed E-state index contributed by atoms with van der Waals surface area (Å²) in [6.45, 7) is 7.21. The molecule has 0 unspecified atom stereocenters. The van der Waals surface area contributed by atoms with E-state index < -0.39 is 28.5 Å². The van der Waals surface area contributed by atoms with Gasteiger partial charge in [-0.15, -0.1) is 0 Å². The minimum Gasteiger partial charge on any atom is -0.493 e. The number of nitrogens with zero attached hydrogens (tertiary/aromatic N) is 2. The summed E-state index contributed by atoms with van der Waals surface area (Å²) >= 11 is 6.11. The number of ether oxygens (including phenoxy) is 2. The number of anilines is 1. The van der Waals surface area contributed by atoms with E-state index in [1.54, 1.807) is 12.1 Å². The van der Waals surface area contributed by atoms with Crippen molar-refractivity contribution in [3.05, 3.63) is 82.9 Å². The highest BCUT2D eigenvalue weighted by Gasteiger charge is 2.34. The molecule has 3 aromatic carbocycles. The van der Waals surface area contributed by atoms with Crippen molar-refractivity contribution < 1.29 is 27.5 Å². The van der Waals surface area contributed by atoms with E-state index >= 15 is 0 Å². The molecule has 0 saturated heterocycles. The lowest BCUT2D eigenvalue weighted by molar-refractivity contribution is -0.140. The Morgan fingerprint density at radius 3 is 2.09 bits per heavy atom. The van der Waals surface area contributed by atoms with E-state index in [9.17, 15) is 18.0 Å². The number of sulfonamides is 1. The van der Waals surface area contributed by atoms with Gasteiger partial charge < -0.3 is 19.7 Å². The Morgan fingerprint density at radius 1 is 0.907 bits per heavy atom. The summed E-state index contributed by atoms with van der Waals surface area (Å²) in [5.74, 6) is -0.249. The second-order valence-corrected chi connectivity index (χ2v) is 12.6. The molecule has 11 heteroatoms. The fraction of sp³-hybridized carbons (Fsp3) is 0.375. The smallest absolute Gasteiger partial charge is 0.264 e. The molecule has 0 aliphatic carbocycles. The fourth-order valence-electron chi connectivity index (χ4n) is 4.49. The lowest BCUT2D eigenvalue weighted by atomic mass is 10.1. The SMILES string of the molecule is CC[C@@H](C)NC(=O)[C@H](CC)N(Cc1ccc(C)cc1)C(=O)CN(c1ccc(Cl)cc1)S(=O)(=O)c1ccc(OC)c(OC)c1. The van der Waals surface area contributed by atoms with Crippen molar-refractivity contribution in [3.8, 4) is 11.5 Å². The van der Waals surface area contributed by atoms with E-state index in [4.69, 9.17) is 21.1 Å². The van der Waals surface area contributed by atoms with Crippen LogP contribution in [0.2, 0.25) is 5.02 Å². The quantitative estimate of drug-likeness (QED) is 0.250. The molecule has 0 aliphatic heterocycles. The number of nitrogens with one attached hydrogen (secondary N) is 1. The fourth-order valence-corrected chi connectivity index (χ4v) is 6.05. The molecule has 0 radical (unpaired) electrons. The Kier molecular flexibility index (Phi) is 11.9. The summed E-state index contributed by atoms with van der Waals surface area (Å²) in [5, 5.41) is 3.39. The summed E-state index contributed by atoms with van der Waals surface area (Å²) in [6.07, 6.45) is 1.06. The number of carbonyl (C=O) groups is 2. The van der Waals surface area contributed by atoms with Gasteiger partial charge in [-0.05, 0) is 68.7 Å². The Hall–Kier alpha value is -3.76. The van der Waals surface area contributed by atoms with Gasteiger partial charge in [0.1, 0.15) is 12.6 Å². The first-order chi connectivity index (χ1) is 20.4. The molecule has 0 aromatic heterocycles. The number of hydrogen-bond acceptors (Lipinski definition) is 6. The normalized spacial score (nSPS) is 12.6. The molecule has 0 heterocycles. The topological polar surface area (TPSA) is 105 Å². The van der Waals surface area contributed by atoms with Gasteiger partial charge in [0.25, 0.3) is 10.0 Å². The Morgan fingerprint density at radius 2 is 1.53 bits per heavy atom. The molecule has 3 rings (SSSR count). The second kappa shape index (κ2) is 15.1. The van der Waals surface area contributed by atoms with Crippen LogP contribution in [-0.4, -0.2) is 58.0 Å². The van der Waals surface area contributed by atoms with Crippen LogP contribution in [0, 0.1) is 6.92 Å². The van der Waals surface area contributed by atoms with Crippen LogP contribution in [0.4, 0.5) is 5.69 Å². The Labute approximate surface area is 259 Å². The number of halogens is 1. The van der Waals surface area contributed by atoms with Crippen molar-refractivity contribution in [2.45, 2.75) is 64.1 Å². The van der Waals surface area contributed by atoms with Gasteiger partial charge in [-0.2, -0.15) is 0 Å². The van der Waals surface area contributed by atoms with Gasteiger partial charge in [0.05, 0.1) is 24.8 Å². The number of benzene rings is 3. The van der Waals surface area contributed by atoms with Crippen LogP contribution in [0.5, 0.6) is 11.5 Å². The number of methoxy groups -OCH3 is 2. The van der Waals surface area contributed by atoms with Crippen LogP contribution < -0.4 is 19.1 Å². The predicted octanol–water partition coefficient (Wildman–Crippen LogP) is 5.58. The van der Waals surface area contributed by atoms with Crippen molar-refractivity contribution in [1.82, 2.24) is 10.2 Å². The first kappa shape index (κ1) is 33.7. The molecule has 1 N–H and O–H groups in total. The van der Waals surface area contributed by atoms with Crippen molar-refractivity contribution in [3.63, 3.8) is 0 Å². The van der Waals surface area contributed by atoms with E-state index in [1.807, 2.05) is 52.0 Å². The zero-order valence-electron chi connectivity index (χ0n) is 25.5. The van der Waals surface area contributed by atoms with Crippen LogP contribution in [0.25, 0.3) is 0 Å². The highest BCUT2D eigenvalue weighted by molar-refractivity contribution is 7.92. The van der Waals surface area contributed by atoms with Gasteiger partial charge in [-0.25, -0.2) is 8.42 Å². The van der Waals surface area contributed by atoms with Crippen LogP contribution in [0.15, 0.2) is 71.6 Å². The van der Waals surface area contributed by atoms with Crippen molar-refractivity contribution in [2.24, 2.45) is 0 Å². The van der Waals surface area contributed by atoms with Gasteiger partial charge in [0, 0.05) is 23.7 Å². The molecular formula is C32H40ClN3O6S. The van der Waals surface area contributed by atoms with Gasteiger partial charge in [0.2, 0.25) is 11.8 Å². The maximum absolute atomic E-state index is 14.2. The van der Waals surface area contributed by atoms with Crippen molar-refractivity contribution in [2.75, 3.05) is 25.1 Å². The first-order valence-electron chi connectivity index (χ1n) is 14.1. The van der Waals surface area contributed by atoms with Gasteiger partial charge >= 0.3 is 0 Å². The number of amides is 2. The van der Waals surface area contributed by atoms with E-state index in [-0.39, 0.29) is 34.8 Å². The summed E-state index contributed by atoms with van der Waals surface area (Å²) < 4.78 is 39.9. The van der Waals surface area contributed by atoms with Crippen LogP contribution in [0.1, 0.15) is 44.7 Å². The van der Waals surface area contributed by atoms with E-state index in [0.717, 1.165) is 21.9 Å². The molecule has 0 bridgehead atoms. The molecule has 0 spiro atoms. The monoisotopic (exact) mass is 629 g/mol. The third-order valence-corrected chi connectivity index (χ3v) is 9.22. The average molecular weight is 630 g/mol. The highest BCUT2D eigenvalue weighted by Crippen LogP contribution is 2.33. The molecule has 0 fully saturated rings. The summed E-state index contributed by atoms with van der Waals surface area (Å²) in [6, 6.07) is 17.1. The third kappa shape index (κ3) is 8.42. The highest BCUT2D eigenvalue weighted by atomic mass is 35.5. The summed E-state index contributed by atoms with van der Waals surface area (Å²) in [5.41, 5.74) is 2.10. The Bertz CT molecular complexity index is 1500. The maximum Gasteiger partial charge on any atom is 0.264 e. The third-order valence-electron chi connectivity index (χ3n) is 7.20. The zero-order chi connectivity index (χ0) is 31.7. The van der Waals surface area contributed by atoms with Gasteiger partial charge in [0.15, 0.2) is 11.5 Å². The Balaban J connectivity index is 2.09. The van der Waals surface area contributed by atoms with E-state index in [0.29, 0.717) is 17.2 Å². The number of aryl methyl sites for hydroxylation is 1. The molecular weight excluding hydrogens is 590 g/mol. The summed E-state index contributed by atoms with van der Waals surface area (Å²) in [7, 11) is -1.44. The van der Waals surface area contributed by atoms with E-state index in [2.05, 4.69) is 5.32 Å². The molecule has 3 aromatic rings. The molecule has 0 saturated carbocycles. The first-order valence-corrected chi connectivity index (χ1v) is 15.9. The van der Waals surface area contributed by atoms with Crippen LogP contribution in [-0.2, 0) is 26.2 Å². The summed E-state index contributed by atoms with van der Waals surface area (Å²) in [4.78, 5) is 29.0. The van der Waals surface area contributed by atoms with Crippen molar-refractivity contribution in [1.29, 1.82) is 0 Å². The molecule has 2 amide bonds. The van der Waals surface area contributed by atoms with Crippen LogP contribution >= 0.6 is 11.6 Å². The standard InChI is InChI=1S/C32H40ClN3O6S/c1-7-23(4)34-32(38)28(8-2)35(20-24-11-9-22(3)10-12-24)31(37)21-36(26-15-13-25(33)14-16-26)43(39,40)27-17-18-29(41-5)30(19-27)42-6/h9-19,23,28H,7-8,20-21H2,1-6H3,(H,34,38)/t23-,28+/m1/s1. The maximum atomic E-state index is 14.2. The molecule has 0 aliphatic rings. The minimum atomic E-state index is -4.30. The zero-order valence-corrected chi connectivity index (χ0v) is 27.0. The largest absolute Gasteiger partial charge is 0.493 e. The van der Waals surface area contributed by atoms with E-state index in [1.165, 1.54) is 49.5 Å². The molecule has 2 atom stereocenters. The van der Waals surface area contributed by atoms with Crippen molar-refractivity contribution >= 4 is 39.1 Å². The average Bonchev–Trinajstić information content (AvgIpc) is 3.00. The second-order valence-electron chi connectivity index (χ2n) is 10.3. The molecule has 9 nitrogen and oxygen atoms in total. The predicted molar refractivity (Wildman–Crippen MR) is 169 cm³/mol.